The summed E-state index contributed by atoms with van der Waals surface area (Å²) in [5.41, 5.74) is 0.254. The summed E-state index contributed by atoms with van der Waals surface area (Å²) in [5.74, 6) is -0.419. The summed E-state index contributed by atoms with van der Waals surface area (Å²) >= 11 is 5.90. The van der Waals surface area contributed by atoms with Gasteiger partial charge < -0.3 is 5.32 Å². The lowest BCUT2D eigenvalue weighted by molar-refractivity contribution is 0.102. The van der Waals surface area contributed by atoms with Crippen LogP contribution in [0.25, 0.3) is 11.0 Å². The highest BCUT2D eigenvalue weighted by Gasteiger charge is 2.15. The Labute approximate surface area is 140 Å². The van der Waals surface area contributed by atoms with Crippen molar-refractivity contribution in [2.75, 3.05) is 5.32 Å². The summed E-state index contributed by atoms with van der Waals surface area (Å²) < 4.78 is 1.22. The number of carbonyl (C=O) groups is 1. The molecule has 0 fully saturated rings. The van der Waals surface area contributed by atoms with Crippen molar-refractivity contribution < 1.29 is 4.79 Å². The number of amides is 1. The van der Waals surface area contributed by atoms with Crippen LogP contribution in [-0.4, -0.2) is 20.4 Å². The van der Waals surface area contributed by atoms with E-state index in [9.17, 15) is 14.4 Å². The normalized spacial score (nSPS) is 10.8. The fraction of sp³-hybridized carbons (Fsp3) is 0.125. The molecule has 24 heavy (non-hydrogen) atoms. The number of aromatic amines is 1. The minimum atomic E-state index is -0.586. The predicted octanol–water partition coefficient (Wildman–Crippen LogP) is 1.84. The Morgan fingerprint density at radius 3 is 2.75 bits per heavy atom. The van der Waals surface area contributed by atoms with Crippen LogP contribution in [0, 0.1) is 6.92 Å². The number of carbonyl (C=O) groups excluding carboxylic acids is 1. The number of benzene rings is 1. The van der Waals surface area contributed by atoms with Gasteiger partial charge in [-0.2, -0.15) is 0 Å². The average Bonchev–Trinajstić information content (AvgIpc) is 2.52. The number of anilines is 1. The molecule has 0 saturated heterocycles. The molecular formula is C16H13ClN4O3. The van der Waals surface area contributed by atoms with Crippen molar-refractivity contribution in [3.63, 3.8) is 0 Å². The van der Waals surface area contributed by atoms with E-state index in [-0.39, 0.29) is 16.6 Å². The van der Waals surface area contributed by atoms with E-state index in [4.69, 9.17) is 11.6 Å². The molecule has 0 saturated carbocycles. The molecule has 0 aliphatic carbocycles. The third-order valence-corrected chi connectivity index (χ3v) is 3.84. The van der Waals surface area contributed by atoms with Crippen LogP contribution in [0.5, 0.6) is 0 Å². The van der Waals surface area contributed by atoms with Gasteiger partial charge in [0.15, 0.2) is 0 Å². The molecule has 0 aliphatic heterocycles. The smallest absolute Gasteiger partial charge is 0.322 e. The molecule has 0 bridgehead atoms. The number of rotatable bonds is 2. The first-order valence-corrected chi connectivity index (χ1v) is 7.42. The highest BCUT2D eigenvalue weighted by molar-refractivity contribution is 6.31. The van der Waals surface area contributed by atoms with Crippen molar-refractivity contribution in [3.05, 3.63) is 67.4 Å². The van der Waals surface area contributed by atoms with E-state index in [1.54, 1.807) is 31.2 Å². The fourth-order valence-electron chi connectivity index (χ4n) is 2.35. The van der Waals surface area contributed by atoms with Crippen LogP contribution in [0.2, 0.25) is 5.02 Å². The molecule has 0 atom stereocenters. The van der Waals surface area contributed by atoms with Gasteiger partial charge in [-0.1, -0.05) is 17.7 Å². The van der Waals surface area contributed by atoms with E-state index < -0.39 is 17.2 Å². The van der Waals surface area contributed by atoms with Crippen molar-refractivity contribution >= 4 is 34.2 Å². The number of nitrogens with zero attached hydrogens (tertiary/aromatic N) is 2. The zero-order valence-corrected chi connectivity index (χ0v) is 13.6. The van der Waals surface area contributed by atoms with Gasteiger partial charge in [-0.25, -0.2) is 9.78 Å². The Morgan fingerprint density at radius 1 is 1.29 bits per heavy atom. The van der Waals surface area contributed by atoms with Gasteiger partial charge in [0.1, 0.15) is 5.65 Å². The first kappa shape index (κ1) is 15.9. The van der Waals surface area contributed by atoms with E-state index in [0.29, 0.717) is 16.4 Å². The van der Waals surface area contributed by atoms with Crippen molar-refractivity contribution in [1.82, 2.24) is 14.5 Å². The van der Waals surface area contributed by atoms with Gasteiger partial charge in [0.05, 0.1) is 16.6 Å². The van der Waals surface area contributed by atoms with Crippen LogP contribution in [0.15, 0.2) is 39.9 Å². The van der Waals surface area contributed by atoms with Crippen LogP contribution in [0.4, 0.5) is 5.69 Å². The van der Waals surface area contributed by atoms with Gasteiger partial charge >= 0.3 is 5.69 Å². The molecule has 2 N–H and O–H groups in total. The lowest BCUT2D eigenvalue weighted by atomic mass is 10.1. The number of pyridine rings is 1. The first-order valence-electron chi connectivity index (χ1n) is 7.04. The second-order valence-corrected chi connectivity index (χ2v) is 5.71. The van der Waals surface area contributed by atoms with Crippen LogP contribution in [0.1, 0.15) is 16.1 Å². The summed E-state index contributed by atoms with van der Waals surface area (Å²) in [6.07, 6.45) is 0. The molecule has 8 heteroatoms. The SMILES string of the molecule is Cc1nc2c(cc1C(=O)Nc1cccc(Cl)c1)c(=O)[nH]c(=O)n2C. The first-order chi connectivity index (χ1) is 11.4. The molecule has 2 heterocycles. The lowest BCUT2D eigenvalue weighted by Crippen LogP contribution is -2.29. The number of halogens is 1. The molecule has 2 aromatic heterocycles. The quantitative estimate of drug-likeness (QED) is 0.741. The molecule has 0 aliphatic rings. The molecule has 3 aromatic rings. The fourth-order valence-corrected chi connectivity index (χ4v) is 2.54. The van der Waals surface area contributed by atoms with Gasteiger partial charge in [0.2, 0.25) is 0 Å². The summed E-state index contributed by atoms with van der Waals surface area (Å²) in [7, 11) is 1.50. The minimum Gasteiger partial charge on any atom is -0.322 e. The molecular weight excluding hydrogens is 332 g/mol. The lowest BCUT2D eigenvalue weighted by Gasteiger charge is -2.10. The predicted molar refractivity (Wildman–Crippen MR) is 91.7 cm³/mol. The molecule has 0 spiro atoms. The number of aryl methyl sites for hydroxylation is 2. The maximum absolute atomic E-state index is 12.5. The second kappa shape index (κ2) is 5.93. The Balaban J connectivity index is 2.10. The minimum absolute atomic E-state index is 0.166. The van der Waals surface area contributed by atoms with Gasteiger partial charge in [-0.05, 0) is 31.2 Å². The van der Waals surface area contributed by atoms with Crippen LogP contribution in [0.3, 0.4) is 0 Å². The maximum Gasteiger partial charge on any atom is 0.329 e. The number of H-pyrrole nitrogens is 1. The molecule has 0 unspecified atom stereocenters. The number of hydrogen-bond acceptors (Lipinski definition) is 4. The summed E-state index contributed by atoms with van der Waals surface area (Å²) in [4.78, 5) is 42.5. The third kappa shape index (κ3) is 2.81. The van der Waals surface area contributed by atoms with Crippen LogP contribution < -0.4 is 16.6 Å². The Bertz CT molecular complexity index is 1080. The standard InChI is InChI=1S/C16H13ClN4O3/c1-8-11(14(22)19-10-5-3-4-9(17)6-10)7-12-13(18-8)21(2)16(24)20-15(12)23/h3-7H,1-2H3,(H,19,22)(H,20,23,24). The molecule has 1 amide bonds. The number of aromatic nitrogens is 3. The van der Waals surface area contributed by atoms with Gasteiger partial charge in [-0.15, -0.1) is 0 Å². The van der Waals surface area contributed by atoms with E-state index in [2.05, 4.69) is 15.3 Å². The van der Waals surface area contributed by atoms with E-state index in [1.807, 2.05) is 0 Å². The number of nitrogens with one attached hydrogen (secondary N) is 2. The Kier molecular flexibility index (Phi) is 3.94. The van der Waals surface area contributed by atoms with Gasteiger partial charge in [0, 0.05) is 17.8 Å². The van der Waals surface area contributed by atoms with Crippen molar-refractivity contribution in [2.24, 2.45) is 7.05 Å². The summed E-state index contributed by atoms with van der Waals surface area (Å²) in [6.45, 7) is 1.64. The van der Waals surface area contributed by atoms with Gasteiger partial charge in [0.25, 0.3) is 11.5 Å². The second-order valence-electron chi connectivity index (χ2n) is 5.28. The summed E-state index contributed by atoms with van der Waals surface area (Å²) in [5, 5.41) is 3.36. The molecule has 3 rings (SSSR count). The van der Waals surface area contributed by atoms with E-state index in [0.717, 1.165) is 0 Å². The Hall–Kier alpha value is -2.93. The van der Waals surface area contributed by atoms with Crippen molar-refractivity contribution in [3.8, 4) is 0 Å². The zero-order chi connectivity index (χ0) is 17.4. The van der Waals surface area contributed by atoms with Gasteiger partial charge in [-0.3, -0.25) is 19.1 Å². The third-order valence-electron chi connectivity index (χ3n) is 3.61. The number of hydrogen-bond donors (Lipinski definition) is 2. The Morgan fingerprint density at radius 2 is 2.04 bits per heavy atom. The van der Waals surface area contributed by atoms with Crippen LogP contribution in [-0.2, 0) is 7.05 Å². The summed E-state index contributed by atoms with van der Waals surface area (Å²) in [6, 6.07) is 8.14. The average molecular weight is 345 g/mol. The molecule has 0 radical (unpaired) electrons. The van der Waals surface area contributed by atoms with Crippen molar-refractivity contribution in [1.29, 1.82) is 0 Å². The topological polar surface area (TPSA) is 96.8 Å². The van der Waals surface area contributed by atoms with Crippen LogP contribution >= 0.6 is 11.6 Å². The zero-order valence-electron chi connectivity index (χ0n) is 12.9. The number of fused-ring (bicyclic) bond motifs is 1. The van der Waals surface area contributed by atoms with Crippen molar-refractivity contribution in [2.45, 2.75) is 6.92 Å². The highest BCUT2D eigenvalue weighted by atomic mass is 35.5. The molecule has 7 nitrogen and oxygen atoms in total. The molecule has 122 valence electrons. The van der Waals surface area contributed by atoms with E-state index in [1.165, 1.54) is 17.7 Å². The molecule has 1 aromatic carbocycles. The largest absolute Gasteiger partial charge is 0.329 e. The van der Waals surface area contributed by atoms with E-state index >= 15 is 0 Å². The highest BCUT2D eigenvalue weighted by Crippen LogP contribution is 2.18. The monoisotopic (exact) mass is 344 g/mol. The maximum atomic E-state index is 12.5.